The van der Waals surface area contributed by atoms with Gasteiger partial charge in [-0.1, -0.05) is 6.92 Å². The minimum Gasteiger partial charge on any atom is -0.394 e. The zero-order chi connectivity index (χ0) is 13.1. The van der Waals surface area contributed by atoms with E-state index in [1.54, 1.807) is 0 Å². The second kappa shape index (κ2) is 5.65. The van der Waals surface area contributed by atoms with Crippen molar-refractivity contribution in [1.82, 2.24) is 10.2 Å². The van der Waals surface area contributed by atoms with Crippen LogP contribution < -0.4 is 5.32 Å². The quantitative estimate of drug-likeness (QED) is 0.698. The first-order valence-electron chi connectivity index (χ1n) is 6.12. The molecule has 0 aliphatic carbocycles. The van der Waals surface area contributed by atoms with Crippen molar-refractivity contribution in [1.29, 1.82) is 0 Å². The highest BCUT2D eigenvalue weighted by molar-refractivity contribution is 7.91. The highest BCUT2D eigenvalue weighted by atomic mass is 32.2. The monoisotopic (exact) mass is 264 g/mol. The van der Waals surface area contributed by atoms with Gasteiger partial charge in [0.2, 0.25) is 0 Å². The van der Waals surface area contributed by atoms with Gasteiger partial charge in [0.05, 0.1) is 23.7 Å². The van der Waals surface area contributed by atoms with Crippen molar-refractivity contribution in [2.45, 2.75) is 32.4 Å². The molecule has 1 aliphatic rings. The number of nitrogens with one attached hydrogen (secondary N) is 1. The van der Waals surface area contributed by atoms with Crippen molar-refractivity contribution in [3.63, 3.8) is 0 Å². The number of aliphatic hydroxyl groups excluding tert-OH is 1. The minimum atomic E-state index is -2.86. The van der Waals surface area contributed by atoms with Crippen LogP contribution in [0, 0.1) is 0 Å². The molecule has 0 aromatic rings. The SMILES string of the molecule is CCNC(C)(CO)CN1CCS(=O)(=O)CC1C. The van der Waals surface area contributed by atoms with Crippen LogP contribution in [0.2, 0.25) is 0 Å². The van der Waals surface area contributed by atoms with Crippen molar-refractivity contribution < 1.29 is 13.5 Å². The lowest BCUT2D eigenvalue weighted by atomic mass is 10.0. The summed E-state index contributed by atoms with van der Waals surface area (Å²) in [7, 11) is -2.86. The first kappa shape index (κ1) is 14.9. The largest absolute Gasteiger partial charge is 0.394 e. The maximum Gasteiger partial charge on any atom is 0.153 e. The number of nitrogens with zero attached hydrogens (tertiary/aromatic N) is 1. The Labute approximate surface area is 104 Å². The zero-order valence-corrected chi connectivity index (χ0v) is 11.8. The molecule has 2 atom stereocenters. The topological polar surface area (TPSA) is 69.6 Å². The number of aliphatic hydroxyl groups is 1. The maximum absolute atomic E-state index is 11.5. The lowest BCUT2D eigenvalue weighted by Crippen LogP contribution is -2.58. The Kier molecular flexibility index (Phi) is 4.95. The summed E-state index contributed by atoms with van der Waals surface area (Å²) in [6.07, 6.45) is 0. The van der Waals surface area contributed by atoms with Crippen molar-refractivity contribution in [3.8, 4) is 0 Å². The van der Waals surface area contributed by atoms with Crippen LogP contribution in [0.5, 0.6) is 0 Å². The number of hydrogen-bond donors (Lipinski definition) is 2. The molecule has 0 aromatic heterocycles. The summed E-state index contributed by atoms with van der Waals surface area (Å²) in [6.45, 7) is 7.97. The third-order valence-electron chi connectivity index (χ3n) is 3.31. The third kappa shape index (κ3) is 4.21. The summed E-state index contributed by atoms with van der Waals surface area (Å²) in [6, 6.07) is 0.0262. The first-order chi connectivity index (χ1) is 7.82. The van der Waals surface area contributed by atoms with E-state index in [1.807, 2.05) is 20.8 Å². The highest BCUT2D eigenvalue weighted by Gasteiger charge is 2.33. The van der Waals surface area contributed by atoms with E-state index in [-0.39, 0.29) is 29.7 Å². The molecule has 1 aliphatic heterocycles. The predicted molar refractivity (Wildman–Crippen MR) is 68.9 cm³/mol. The summed E-state index contributed by atoms with van der Waals surface area (Å²) in [4.78, 5) is 2.14. The van der Waals surface area contributed by atoms with Crippen LogP contribution in [0.15, 0.2) is 0 Å². The fraction of sp³-hybridized carbons (Fsp3) is 1.00. The Morgan fingerprint density at radius 1 is 1.53 bits per heavy atom. The van der Waals surface area contributed by atoms with Crippen molar-refractivity contribution in [3.05, 3.63) is 0 Å². The van der Waals surface area contributed by atoms with Crippen LogP contribution >= 0.6 is 0 Å². The Morgan fingerprint density at radius 2 is 2.18 bits per heavy atom. The summed E-state index contributed by atoms with van der Waals surface area (Å²) >= 11 is 0. The average molecular weight is 264 g/mol. The molecule has 1 fully saturated rings. The van der Waals surface area contributed by atoms with E-state index in [9.17, 15) is 13.5 Å². The molecule has 0 aromatic carbocycles. The van der Waals surface area contributed by atoms with Crippen molar-refractivity contribution in [2.24, 2.45) is 0 Å². The van der Waals surface area contributed by atoms with E-state index in [2.05, 4.69) is 10.2 Å². The van der Waals surface area contributed by atoms with E-state index in [0.717, 1.165) is 6.54 Å². The number of sulfone groups is 1. The molecule has 1 heterocycles. The summed E-state index contributed by atoms with van der Waals surface area (Å²) < 4.78 is 23.0. The lowest BCUT2D eigenvalue weighted by molar-refractivity contribution is 0.106. The molecule has 102 valence electrons. The van der Waals surface area contributed by atoms with Crippen LogP contribution in [0.1, 0.15) is 20.8 Å². The summed E-state index contributed by atoms with van der Waals surface area (Å²) in [5.41, 5.74) is -0.357. The molecule has 6 heteroatoms. The second-order valence-corrected chi connectivity index (χ2v) is 7.41. The fourth-order valence-electron chi connectivity index (χ4n) is 2.30. The zero-order valence-electron chi connectivity index (χ0n) is 10.9. The van der Waals surface area contributed by atoms with Crippen molar-refractivity contribution >= 4 is 9.84 Å². The molecule has 2 unspecified atom stereocenters. The molecule has 1 rings (SSSR count). The van der Waals surface area contributed by atoms with Gasteiger partial charge in [-0.3, -0.25) is 4.90 Å². The van der Waals surface area contributed by atoms with E-state index < -0.39 is 9.84 Å². The van der Waals surface area contributed by atoms with Gasteiger partial charge in [0.25, 0.3) is 0 Å². The van der Waals surface area contributed by atoms with Gasteiger partial charge in [0.15, 0.2) is 9.84 Å². The van der Waals surface area contributed by atoms with Crippen molar-refractivity contribution in [2.75, 3.05) is 37.7 Å². The van der Waals surface area contributed by atoms with Crippen LogP contribution in [-0.2, 0) is 9.84 Å². The second-order valence-electron chi connectivity index (χ2n) is 5.18. The van der Waals surface area contributed by atoms with Gasteiger partial charge in [-0.05, 0) is 20.4 Å². The van der Waals surface area contributed by atoms with Gasteiger partial charge in [0, 0.05) is 19.1 Å². The normalized spacial score (nSPS) is 28.8. The number of likely N-dealkylation sites (N-methyl/N-ethyl adjacent to an activating group) is 1. The van der Waals surface area contributed by atoms with Crippen LogP contribution in [0.25, 0.3) is 0 Å². The molecule has 0 amide bonds. The number of hydrogen-bond acceptors (Lipinski definition) is 5. The van der Waals surface area contributed by atoms with Gasteiger partial charge in [0.1, 0.15) is 0 Å². The molecule has 0 bridgehead atoms. The van der Waals surface area contributed by atoms with E-state index in [4.69, 9.17) is 0 Å². The Hall–Kier alpha value is -0.170. The molecule has 0 spiro atoms. The van der Waals surface area contributed by atoms with E-state index in [0.29, 0.717) is 13.1 Å². The van der Waals surface area contributed by atoms with Crippen LogP contribution in [0.3, 0.4) is 0 Å². The molecule has 2 N–H and O–H groups in total. The maximum atomic E-state index is 11.5. The average Bonchev–Trinajstić information content (AvgIpc) is 2.22. The molecule has 0 saturated carbocycles. The van der Waals surface area contributed by atoms with Crippen LogP contribution in [0.4, 0.5) is 0 Å². The molecule has 0 radical (unpaired) electrons. The lowest BCUT2D eigenvalue weighted by Gasteiger charge is -2.40. The molecule has 5 nitrogen and oxygen atoms in total. The third-order valence-corrected chi connectivity index (χ3v) is 5.11. The Morgan fingerprint density at radius 3 is 2.65 bits per heavy atom. The summed E-state index contributed by atoms with van der Waals surface area (Å²) in [5.74, 6) is 0.450. The molecule has 1 saturated heterocycles. The van der Waals surface area contributed by atoms with Gasteiger partial charge < -0.3 is 10.4 Å². The number of rotatable bonds is 5. The Balaban J connectivity index is 2.63. The standard InChI is InChI=1S/C11H24N2O3S/c1-4-12-11(3,9-14)8-13-5-6-17(15,16)7-10(13)2/h10,12,14H,4-9H2,1-3H3. The van der Waals surface area contributed by atoms with E-state index in [1.165, 1.54) is 0 Å². The Bertz CT molecular complexity index is 345. The van der Waals surface area contributed by atoms with Gasteiger partial charge in [-0.25, -0.2) is 8.42 Å². The highest BCUT2D eigenvalue weighted by Crippen LogP contribution is 2.15. The molecular weight excluding hydrogens is 240 g/mol. The predicted octanol–water partition coefficient (Wildman–Crippen LogP) is -0.534. The smallest absolute Gasteiger partial charge is 0.153 e. The van der Waals surface area contributed by atoms with Gasteiger partial charge >= 0.3 is 0 Å². The summed E-state index contributed by atoms with van der Waals surface area (Å²) in [5, 5.41) is 12.7. The molecule has 17 heavy (non-hydrogen) atoms. The van der Waals surface area contributed by atoms with Crippen LogP contribution in [-0.4, -0.2) is 67.8 Å². The minimum absolute atomic E-state index is 0.0262. The molecular formula is C11H24N2O3S. The van der Waals surface area contributed by atoms with E-state index >= 15 is 0 Å². The first-order valence-corrected chi connectivity index (χ1v) is 7.94. The van der Waals surface area contributed by atoms with Gasteiger partial charge in [-0.15, -0.1) is 0 Å². The fourth-order valence-corrected chi connectivity index (χ4v) is 3.93. The van der Waals surface area contributed by atoms with Gasteiger partial charge in [-0.2, -0.15) is 0 Å².